The second kappa shape index (κ2) is 12.1. The summed E-state index contributed by atoms with van der Waals surface area (Å²) in [4.78, 5) is 4.86. The molecule has 40 heavy (non-hydrogen) atoms. The van der Waals surface area contributed by atoms with Crippen LogP contribution in [0, 0.1) is 6.92 Å². The summed E-state index contributed by atoms with van der Waals surface area (Å²) in [6.07, 6.45) is 7.32. The zero-order valence-electron chi connectivity index (χ0n) is 22.7. The molecule has 212 valence electrons. The molecule has 1 aromatic heterocycles. The van der Waals surface area contributed by atoms with E-state index in [9.17, 15) is 8.42 Å². The summed E-state index contributed by atoms with van der Waals surface area (Å²) < 4.78 is 48.7. The van der Waals surface area contributed by atoms with Crippen LogP contribution in [0.2, 0.25) is 0 Å². The zero-order valence-corrected chi connectivity index (χ0v) is 23.5. The normalized spacial score (nSPS) is 22.0. The van der Waals surface area contributed by atoms with Crippen LogP contribution in [0.1, 0.15) is 37.4 Å². The standard InChI is InChI=1S/C30H35N3O6S/c1-21-6-10-26(11-7-21)40(34,35)38-20-25(39-29-5-3-4-16-36-29)19-37-24-9-13-27-22(17-24)8-12-28(33-27)23-14-15-30(2,31)32-18-23/h6-15,17-18,25,29,32H,3-5,16,19-20,31H2,1-2H3. The van der Waals surface area contributed by atoms with Gasteiger partial charge in [0.25, 0.3) is 10.1 Å². The molecule has 10 heteroatoms. The number of nitrogens with two attached hydrogens (primary N) is 1. The molecule has 1 fully saturated rings. The van der Waals surface area contributed by atoms with E-state index >= 15 is 0 Å². The maximum atomic E-state index is 12.8. The number of fused-ring (bicyclic) bond motifs is 1. The molecule has 0 amide bonds. The maximum Gasteiger partial charge on any atom is 0.297 e. The van der Waals surface area contributed by atoms with Gasteiger partial charge in [-0.1, -0.05) is 29.8 Å². The average molecular weight is 566 g/mol. The molecule has 3 atom stereocenters. The number of nitrogens with one attached hydrogen (secondary N) is 1. The minimum Gasteiger partial charge on any atom is -0.491 e. The van der Waals surface area contributed by atoms with E-state index in [0.717, 1.165) is 47.0 Å². The van der Waals surface area contributed by atoms with Crippen molar-refractivity contribution >= 4 is 26.6 Å². The van der Waals surface area contributed by atoms with Crippen LogP contribution >= 0.6 is 0 Å². The van der Waals surface area contributed by atoms with Crippen LogP contribution in [0.5, 0.6) is 5.75 Å². The molecular formula is C30H35N3O6S. The van der Waals surface area contributed by atoms with E-state index < -0.39 is 28.2 Å². The molecule has 0 bridgehead atoms. The van der Waals surface area contributed by atoms with E-state index in [1.807, 2.05) is 62.5 Å². The van der Waals surface area contributed by atoms with Crippen LogP contribution in [0.4, 0.5) is 0 Å². The number of aryl methyl sites for hydroxylation is 1. The molecule has 3 unspecified atom stereocenters. The van der Waals surface area contributed by atoms with Crippen LogP contribution in [0.15, 0.2) is 77.8 Å². The lowest BCUT2D eigenvalue weighted by Crippen LogP contribution is -2.47. The Bertz CT molecular complexity index is 1500. The smallest absolute Gasteiger partial charge is 0.297 e. The monoisotopic (exact) mass is 565 g/mol. The summed E-state index contributed by atoms with van der Waals surface area (Å²) in [7, 11) is -3.95. The molecule has 1 saturated heterocycles. The number of allylic oxidation sites excluding steroid dienone is 2. The second-order valence-electron chi connectivity index (χ2n) is 10.3. The quantitative estimate of drug-likeness (QED) is 0.344. The number of ether oxygens (including phenoxy) is 3. The van der Waals surface area contributed by atoms with Gasteiger partial charge in [-0.3, -0.25) is 4.18 Å². The van der Waals surface area contributed by atoms with E-state index in [2.05, 4.69) is 5.32 Å². The first-order chi connectivity index (χ1) is 19.2. The van der Waals surface area contributed by atoms with Crippen LogP contribution in [0.25, 0.3) is 16.5 Å². The lowest BCUT2D eigenvalue weighted by molar-refractivity contribution is -0.198. The molecule has 0 saturated carbocycles. The van der Waals surface area contributed by atoms with Gasteiger partial charge in [-0.25, -0.2) is 4.98 Å². The van der Waals surface area contributed by atoms with Crippen molar-refractivity contribution in [2.24, 2.45) is 5.73 Å². The molecule has 3 aromatic rings. The Hall–Kier alpha value is -3.28. The summed E-state index contributed by atoms with van der Waals surface area (Å²) in [6.45, 7) is 4.27. The molecule has 0 radical (unpaired) electrons. The SMILES string of the molecule is Cc1ccc(S(=O)(=O)OCC(COc2ccc3nc(C4=CNC(C)(N)C=C4)ccc3c2)OC2CCCCO2)cc1. The highest BCUT2D eigenvalue weighted by Gasteiger charge is 2.24. The number of hydrogen-bond acceptors (Lipinski definition) is 9. The number of rotatable bonds is 10. The number of nitrogens with zero attached hydrogens (tertiary/aromatic N) is 1. The molecule has 2 aromatic carbocycles. The molecule has 3 N–H and O–H groups in total. The van der Waals surface area contributed by atoms with Gasteiger partial charge in [0, 0.05) is 23.8 Å². The molecule has 2 aliphatic rings. The van der Waals surface area contributed by atoms with Gasteiger partial charge in [0.1, 0.15) is 24.1 Å². The number of dihydropyridines is 1. The van der Waals surface area contributed by atoms with Crippen molar-refractivity contribution in [3.05, 3.63) is 84.2 Å². The minimum atomic E-state index is -3.95. The lowest BCUT2D eigenvalue weighted by Gasteiger charge is -2.27. The summed E-state index contributed by atoms with van der Waals surface area (Å²) in [6, 6.07) is 16.1. The fourth-order valence-corrected chi connectivity index (χ4v) is 5.33. The zero-order chi connectivity index (χ0) is 28.2. The van der Waals surface area contributed by atoms with Crippen molar-refractivity contribution in [3.63, 3.8) is 0 Å². The van der Waals surface area contributed by atoms with Gasteiger partial charge in [0.05, 0.1) is 22.7 Å². The van der Waals surface area contributed by atoms with Gasteiger partial charge in [-0.2, -0.15) is 8.42 Å². The molecule has 2 aliphatic heterocycles. The molecular weight excluding hydrogens is 530 g/mol. The first-order valence-electron chi connectivity index (χ1n) is 13.4. The number of hydrogen-bond donors (Lipinski definition) is 2. The molecule has 0 spiro atoms. The van der Waals surface area contributed by atoms with Gasteiger partial charge >= 0.3 is 0 Å². The third-order valence-corrected chi connectivity index (χ3v) is 8.04. The number of pyridine rings is 1. The van der Waals surface area contributed by atoms with Crippen molar-refractivity contribution in [1.29, 1.82) is 0 Å². The third kappa shape index (κ3) is 7.26. The highest BCUT2D eigenvalue weighted by Crippen LogP contribution is 2.25. The van der Waals surface area contributed by atoms with Gasteiger partial charge < -0.3 is 25.3 Å². The topological polar surface area (TPSA) is 122 Å². The second-order valence-corrected chi connectivity index (χ2v) is 11.9. The average Bonchev–Trinajstić information content (AvgIpc) is 2.95. The fraction of sp³-hybridized carbons (Fsp3) is 0.367. The molecule has 9 nitrogen and oxygen atoms in total. The molecule has 5 rings (SSSR count). The van der Waals surface area contributed by atoms with E-state index in [1.54, 1.807) is 12.1 Å². The predicted octanol–water partition coefficient (Wildman–Crippen LogP) is 4.41. The Kier molecular flexibility index (Phi) is 8.53. The highest BCUT2D eigenvalue weighted by atomic mass is 32.2. The van der Waals surface area contributed by atoms with Crippen molar-refractivity contribution in [1.82, 2.24) is 10.3 Å². The lowest BCUT2D eigenvalue weighted by atomic mass is 10.0. The first kappa shape index (κ1) is 28.3. The molecule has 0 aliphatic carbocycles. The van der Waals surface area contributed by atoms with Crippen molar-refractivity contribution in [3.8, 4) is 5.75 Å². The van der Waals surface area contributed by atoms with Gasteiger partial charge in [0.2, 0.25) is 0 Å². The summed E-state index contributed by atoms with van der Waals surface area (Å²) in [5.41, 5.74) is 9.04. The maximum absolute atomic E-state index is 12.8. The van der Waals surface area contributed by atoms with E-state index in [0.29, 0.717) is 12.4 Å². The molecule has 3 heterocycles. The Morgan fingerprint density at radius 2 is 1.95 bits per heavy atom. The fourth-order valence-electron chi connectivity index (χ4n) is 4.39. The van der Waals surface area contributed by atoms with E-state index in [-0.39, 0.29) is 18.1 Å². The number of benzene rings is 2. The van der Waals surface area contributed by atoms with Crippen LogP contribution in [0.3, 0.4) is 0 Å². The van der Waals surface area contributed by atoms with Crippen LogP contribution < -0.4 is 15.8 Å². The largest absolute Gasteiger partial charge is 0.491 e. The van der Waals surface area contributed by atoms with Gasteiger partial charge in [0.15, 0.2) is 6.29 Å². The Morgan fingerprint density at radius 3 is 2.67 bits per heavy atom. The van der Waals surface area contributed by atoms with Gasteiger partial charge in [-0.05, 0) is 75.6 Å². The Balaban J connectivity index is 1.26. The third-order valence-electron chi connectivity index (χ3n) is 6.74. The first-order valence-corrected chi connectivity index (χ1v) is 14.8. The highest BCUT2D eigenvalue weighted by molar-refractivity contribution is 7.86. The number of aromatic nitrogens is 1. The van der Waals surface area contributed by atoms with Crippen molar-refractivity contribution in [2.75, 3.05) is 19.8 Å². The Morgan fingerprint density at radius 1 is 1.12 bits per heavy atom. The summed E-state index contributed by atoms with van der Waals surface area (Å²) in [5, 5.41) is 4.06. The minimum absolute atomic E-state index is 0.0848. The predicted molar refractivity (Wildman–Crippen MR) is 153 cm³/mol. The van der Waals surface area contributed by atoms with Crippen molar-refractivity contribution in [2.45, 2.75) is 56.1 Å². The Labute approximate surface area is 235 Å². The van der Waals surface area contributed by atoms with Crippen LogP contribution in [-0.2, 0) is 23.8 Å². The van der Waals surface area contributed by atoms with E-state index in [1.165, 1.54) is 12.1 Å². The van der Waals surface area contributed by atoms with Crippen LogP contribution in [-0.4, -0.2) is 51.3 Å². The summed E-state index contributed by atoms with van der Waals surface area (Å²) in [5.74, 6) is 0.610. The van der Waals surface area contributed by atoms with Gasteiger partial charge in [-0.15, -0.1) is 0 Å². The summed E-state index contributed by atoms with van der Waals surface area (Å²) >= 11 is 0. The van der Waals surface area contributed by atoms with Crippen molar-refractivity contribution < 1.29 is 26.8 Å². The van der Waals surface area contributed by atoms with E-state index in [4.69, 9.17) is 29.1 Å².